The lowest BCUT2D eigenvalue weighted by Crippen LogP contribution is -2.51. The number of nitriles is 1. The summed E-state index contributed by atoms with van der Waals surface area (Å²) in [5, 5.41) is 8.90. The van der Waals surface area contributed by atoms with Crippen LogP contribution in [0.5, 0.6) is 0 Å². The highest BCUT2D eigenvalue weighted by Gasteiger charge is 2.54. The van der Waals surface area contributed by atoms with Gasteiger partial charge in [-0.05, 0) is 74.5 Å². The normalized spacial score (nSPS) is 33.0. The van der Waals surface area contributed by atoms with E-state index in [0.29, 0.717) is 28.9 Å². The van der Waals surface area contributed by atoms with Crippen LogP contribution < -0.4 is 0 Å². The Labute approximate surface area is 141 Å². The maximum absolute atomic E-state index is 12.8. The van der Waals surface area contributed by atoms with Gasteiger partial charge in [0.05, 0.1) is 17.2 Å². The van der Waals surface area contributed by atoms with Gasteiger partial charge in [-0.2, -0.15) is 5.26 Å². The highest BCUT2D eigenvalue weighted by molar-refractivity contribution is 5.93. The quantitative estimate of drug-likeness (QED) is 0.795. The van der Waals surface area contributed by atoms with Gasteiger partial charge in [0.15, 0.2) is 12.4 Å². The second-order valence-corrected chi connectivity index (χ2v) is 7.89. The van der Waals surface area contributed by atoms with Crippen LogP contribution in [0.15, 0.2) is 24.3 Å². The molecule has 4 saturated carbocycles. The van der Waals surface area contributed by atoms with Crippen LogP contribution in [-0.4, -0.2) is 18.4 Å². The van der Waals surface area contributed by atoms with Crippen LogP contribution in [0, 0.1) is 34.5 Å². The molecule has 0 spiro atoms. The van der Waals surface area contributed by atoms with Crippen molar-refractivity contribution in [2.75, 3.05) is 6.61 Å². The molecule has 0 aliphatic heterocycles. The van der Waals surface area contributed by atoms with Crippen LogP contribution in [0.3, 0.4) is 0 Å². The lowest BCUT2D eigenvalue weighted by atomic mass is 9.48. The molecule has 0 amide bonds. The number of rotatable bonds is 4. The fraction of sp³-hybridized carbons (Fsp3) is 0.550. The number of benzene rings is 1. The number of hydrogen-bond donors (Lipinski definition) is 0. The standard InChI is InChI=1S/C20H21NO3/c21-11-13-2-1-3-17(7-13)19(23)24-12-18(22)20-8-14-4-15(9-20)6-16(5-14)10-20/h1-3,7,14-16H,4-6,8-10,12H2. The molecule has 0 radical (unpaired) electrons. The average molecular weight is 323 g/mol. The van der Waals surface area contributed by atoms with E-state index in [1.807, 2.05) is 6.07 Å². The molecule has 0 unspecified atom stereocenters. The predicted molar refractivity (Wildman–Crippen MR) is 87.1 cm³/mol. The van der Waals surface area contributed by atoms with Crippen LogP contribution in [-0.2, 0) is 9.53 Å². The van der Waals surface area contributed by atoms with Crippen molar-refractivity contribution in [2.45, 2.75) is 38.5 Å². The Morgan fingerprint density at radius 2 is 1.75 bits per heavy atom. The van der Waals surface area contributed by atoms with Crippen LogP contribution in [0.1, 0.15) is 54.4 Å². The number of Topliss-reactive ketones (excluding diaryl/α,β-unsaturated/α-hetero) is 1. The van der Waals surface area contributed by atoms with Gasteiger partial charge in [-0.3, -0.25) is 4.79 Å². The number of ketones is 1. The Hall–Kier alpha value is -2.15. The Morgan fingerprint density at radius 3 is 2.33 bits per heavy atom. The monoisotopic (exact) mass is 323 g/mol. The third-order valence-electron chi connectivity index (χ3n) is 6.19. The van der Waals surface area contributed by atoms with Crippen LogP contribution >= 0.6 is 0 Å². The first-order valence-corrected chi connectivity index (χ1v) is 8.78. The van der Waals surface area contributed by atoms with Crippen molar-refractivity contribution in [3.63, 3.8) is 0 Å². The van der Waals surface area contributed by atoms with Crippen molar-refractivity contribution in [1.29, 1.82) is 5.26 Å². The molecule has 4 aliphatic rings. The minimum absolute atomic E-state index is 0.103. The third-order valence-corrected chi connectivity index (χ3v) is 6.19. The van der Waals surface area contributed by atoms with Gasteiger partial charge in [0.2, 0.25) is 0 Å². The van der Waals surface area contributed by atoms with Gasteiger partial charge in [0, 0.05) is 5.41 Å². The summed E-state index contributed by atoms with van der Waals surface area (Å²) in [5.41, 5.74) is 0.507. The number of carbonyl (C=O) groups is 2. The number of esters is 1. The van der Waals surface area contributed by atoms with E-state index >= 15 is 0 Å². The maximum atomic E-state index is 12.8. The molecule has 4 aliphatic carbocycles. The number of hydrogen-bond acceptors (Lipinski definition) is 4. The van der Waals surface area contributed by atoms with Crippen LogP contribution in [0.25, 0.3) is 0 Å². The van der Waals surface area contributed by atoms with E-state index in [1.54, 1.807) is 18.2 Å². The third kappa shape index (κ3) is 2.62. The lowest BCUT2D eigenvalue weighted by Gasteiger charge is -2.55. The SMILES string of the molecule is N#Cc1cccc(C(=O)OCC(=O)C23CC4CC(CC(C4)C2)C3)c1. The molecule has 124 valence electrons. The van der Waals surface area contributed by atoms with E-state index in [-0.39, 0.29) is 17.8 Å². The van der Waals surface area contributed by atoms with Crippen LogP contribution in [0.4, 0.5) is 0 Å². The van der Waals surface area contributed by atoms with E-state index in [2.05, 4.69) is 0 Å². The molecule has 0 atom stereocenters. The number of ether oxygens (including phenoxy) is 1. The summed E-state index contributed by atoms with van der Waals surface area (Å²) in [5.74, 6) is 1.67. The van der Waals surface area contributed by atoms with E-state index in [1.165, 1.54) is 25.3 Å². The first-order chi connectivity index (χ1) is 11.6. The first kappa shape index (κ1) is 15.4. The molecular formula is C20H21NO3. The molecule has 1 aromatic rings. The van der Waals surface area contributed by atoms with Gasteiger partial charge in [-0.25, -0.2) is 4.79 Å². The molecule has 4 heteroatoms. The zero-order valence-corrected chi connectivity index (χ0v) is 13.7. The highest BCUT2D eigenvalue weighted by atomic mass is 16.5. The smallest absolute Gasteiger partial charge is 0.338 e. The summed E-state index contributed by atoms with van der Waals surface area (Å²) in [6, 6.07) is 8.39. The van der Waals surface area contributed by atoms with Gasteiger partial charge in [-0.15, -0.1) is 0 Å². The molecule has 4 bridgehead atoms. The molecule has 0 N–H and O–H groups in total. The Bertz CT molecular complexity index is 695. The van der Waals surface area contributed by atoms with Crippen molar-refractivity contribution in [3.05, 3.63) is 35.4 Å². The van der Waals surface area contributed by atoms with Gasteiger partial charge in [0.1, 0.15) is 0 Å². The average Bonchev–Trinajstić information content (AvgIpc) is 2.58. The Morgan fingerprint density at radius 1 is 1.12 bits per heavy atom. The number of nitrogens with zero attached hydrogens (tertiary/aromatic N) is 1. The van der Waals surface area contributed by atoms with Crippen molar-refractivity contribution in [2.24, 2.45) is 23.2 Å². The fourth-order valence-corrected chi connectivity index (χ4v) is 5.54. The Balaban J connectivity index is 1.42. The Kier molecular flexibility index (Phi) is 3.68. The zero-order chi connectivity index (χ0) is 16.7. The second-order valence-electron chi connectivity index (χ2n) is 7.89. The molecule has 5 rings (SSSR count). The first-order valence-electron chi connectivity index (χ1n) is 8.78. The maximum Gasteiger partial charge on any atom is 0.338 e. The summed E-state index contributed by atoms with van der Waals surface area (Å²) in [6.07, 6.45) is 6.81. The largest absolute Gasteiger partial charge is 0.454 e. The zero-order valence-electron chi connectivity index (χ0n) is 13.7. The molecular weight excluding hydrogens is 302 g/mol. The molecule has 4 nitrogen and oxygen atoms in total. The van der Waals surface area contributed by atoms with Gasteiger partial charge in [0.25, 0.3) is 0 Å². The van der Waals surface area contributed by atoms with E-state index in [0.717, 1.165) is 19.3 Å². The minimum Gasteiger partial charge on any atom is -0.454 e. The second kappa shape index (κ2) is 5.73. The minimum atomic E-state index is -0.523. The van der Waals surface area contributed by atoms with Gasteiger partial charge < -0.3 is 4.74 Å². The lowest BCUT2D eigenvalue weighted by molar-refractivity contribution is -0.147. The molecule has 4 fully saturated rings. The predicted octanol–water partition coefficient (Wildman–Crippen LogP) is 3.50. The highest BCUT2D eigenvalue weighted by Crippen LogP contribution is 2.60. The fourth-order valence-electron chi connectivity index (χ4n) is 5.54. The summed E-state index contributed by atoms with van der Waals surface area (Å²) in [4.78, 5) is 25.0. The number of carbonyl (C=O) groups excluding carboxylic acids is 2. The molecule has 0 saturated heterocycles. The summed E-state index contributed by atoms with van der Waals surface area (Å²) in [6.45, 7) is -0.137. The van der Waals surface area contributed by atoms with Crippen molar-refractivity contribution < 1.29 is 14.3 Å². The van der Waals surface area contributed by atoms with Crippen LogP contribution in [0.2, 0.25) is 0 Å². The summed E-state index contributed by atoms with van der Waals surface area (Å²) < 4.78 is 5.28. The van der Waals surface area contributed by atoms with E-state index < -0.39 is 5.97 Å². The molecule has 0 aromatic heterocycles. The van der Waals surface area contributed by atoms with Crippen molar-refractivity contribution in [3.8, 4) is 6.07 Å². The molecule has 0 heterocycles. The van der Waals surface area contributed by atoms with Crippen molar-refractivity contribution >= 4 is 11.8 Å². The van der Waals surface area contributed by atoms with Gasteiger partial charge >= 0.3 is 5.97 Å². The molecule has 1 aromatic carbocycles. The van der Waals surface area contributed by atoms with E-state index in [9.17, 15) is 9.59 Å². The summed E-state index contributed by atoms with van der Waals surface area (Å²) in [7, 11) is 0. The van der Waals surface area contributed by atoms with E-state index in [4.69, 9.17) is 10.00 Å². The topological polar surface area (TPSA) is 67.2 Å². The van der Waals surface area contributed by atoms with Crippen molar-refractivity contribution in [1.82, 2.24) is 0 Å². The summed E-state index contributed by atoms with van der Waals surface area (Å²) >= 11 is 0. The molecule has 24 heavy (non-hydrogen) atoms. The van der Waals surface area contributed by atoms with Gasteiger partial charge in [-0.1, -0.05) is 6.07 Å².